The van der Waals surface area contributed by atoms with Crippen molar-refractivity contribution in [1.82, 2.24) is 14.2 Å². The van der Waals surface area contributed by atoms with Crippen molar-refractivity contribution in [2.45, 2.75) is 70.3 Å². The topological polar surface area (TPSA) is 108 Å². The summed E-state index contributed by atoms with van der Waals surface area (Å²) in [6.07, 6.45) is 4.02. The molecule has 0 bridgehead atoms. The number of Topliss-reactive ketones (excluding diaryl/α,β-unsaturated/α-hetero) is 1. The van der Waals surface area contributed by atoms with Gasteiger partial charge in [-0.15, -0.1) is 0 Å². The van der Waals surface area contributed by atoms with Gasteiger partial charge in [0, 0.05) is 62.2 Å². The third kappa shape index (κ3) is 8.83. The third-order valence-electron chi connectivity index (χ3n) is 8.45. The Kier molecular flexibility index (Phi) is 12.2. The van der Waals surface area contributed by atoms with E-state index in [0.717, 1.165) is 24.5 Å². The summed E-state index contributed by atoms with van der Waals surface area (Å²) in [6.45, 7) is 7.28. The number of sulfonamides is 1. The molecule has 248 valence electrons. The maximum absolute atomic E-state index is 14.2. The molecule has 2 heterocycles. The van der Waals surface area contributed by atoms with Crippen molar-refractivity contribution >= 4 is 21.7 Å². The van der Waals surface area contributed by atoms with Crippen LogP contribution >= 0.6 is 0 Å². The van der Waals surface area contributed by atoms with Crippen molar-refractivity contribution in [3.8, 4) is 0 Å². The molecule has 0 saturated carbocycles. The van der Waals surface area contributed by atoms with Gasteiger partial charge < -0.3 is 10.0 Å². The number of benzene rings is 2. The number of aryl methyl sites for hydroxylation is 1. The number of aliphatic hydroxyl groups excluding tert-OH is 1. The van der Waals surface area contributed by atoms with Gasteiger partial charge in [-0.3, -0.25) is 14.6 Å². The van der Waals surface area contributed by atoms with Gasteiger partial charge in [-0.2, -0.15) is 4.31 Å². The van der Waals surface area contributed by atoms with Crippen molar-refractivity contribution < 1.29 is 31.9 Å². The van der Waals surface area contributed by atoms with E-state index >= 15 is 0 Å². The van der Waals surface area contributed by atoms with Crippen molar-refractivity contribution in [2.24, 2.45) is 11.8 Å². The van der Waals surface area contributed by atoms with Gasteiger partial charge in [0.05, 0.1) is 6.10 Å². The molecular formula is C35H43F2N3O5S. The average Bonchev–Trinajstić information content (AvgIpc) is 3.03. The number of halogens is 2. The van der Waals surface area contributed by atoms with Crippen LogP contribution in [0.15, 0.2) is 65.8 Å². The zero-order valence-electron chi connectivity index (χ0n) is 26.7. The van der Waals surface area contributed by atoms with Crippen molar-refractivity contribution in [2.75, 3.05) is 26.2 Å². The molecule has 1 fully saturated rings. The molecule has 2 unspecified atom stereocenters. The molecule has 11 heteroatoms. The van der Waals surface area contributed by atoms with E-state index in [2.05, 4.69) is 4.98 Å². The molecule has 1 aliphatic heterocycles. The van der Waals surface area contributed by atoms with Gasteiger partial charge in [0.25, 0.3) is 5.91 Å². The van der Waals surface area contributed by atoms with E-state index in [4.69, 9.17) is 0 Å². The van der Waals surface area contributed by atoms with Crippen molar-refractivity contribution in [3.63, 3.8) is 0 Å². The van der Waals surface area contributed by atoms with Gasteiger partial charge in [-0.1, -0.05) is 13.8 Å². The predicted octanol–water partition coefficient (Wildman–Crippen LogP) is 5.82. The zero-order chi connectivity index (χ0) is 33.4. The standard InChI is InChI=1S/C35H43F2N3O5S/c1-4-11-39(12-5-2)35(43)29-15-24(3)14-27(19-29)33(41)20-28(16-25-17-30(36)21-31(37)18-25)34(42)26-8-7-13-40(23-26)46(44,45)32-9-6-10-38-22-32/h6,9-10,14-15,17-19,21-22,26,28,34,42H,4-5,7-8,11-13,16,20,23H2,1-3H3/t26?,28?,34-/m1/s1. The molecule has 0 aliphatic carbocycles. The van der Waals surface area contributed by atoms with Crippen LogP contribution in [0.3, 0.4) is 0 Å². The van der Waals surface area contributed by atoms with Crippen molar-refractivity contribution in [3.05, 3.63) is 94.8 Å². The number of hydrogen-bond acceptors (Lipinski definition) is 6. The SMILES string of the molecule is CCCN(CCC)C(=O)c1cc(C)cc(C(=O)CC(Cc2cc(F)cc(F)c2)[C@H](O)C2CCCN(S(=O)(=O)c3cccnc3)C2)c1. The van der Waals surface area contributed by atoms with E-state index in [0.29, 0.717) is 37.1 Å². The second-order valence-corrected chi connectivity index (χ2v) is 14.1. The molecule has 46 heavy (non-hydrogen) atoms. The Bertz CT molecular complexity index is 1590. The Labute approximate surface area is 270 Å². The molecule has 3 atom stereocenters. The molecule has 1 N–H and O–H groups in total. The minimum absolute atomic E-state index is 0.00811. The Morgan fingerprint density at radius 1 is 1.04 bits per heavy atom. The Morgan fingerprint density at radius 3 is 2.35 bits per heavy atom. The van der Waals surface area contributed by atoms with Crippen LogP contribution in [0, 0.1) is 30.4 Å². The summed E-state index contributed by atoms with van der Waals surface area (Å²) in [5.74, 6) is -3.34. The molecule has 3 aromatic rings. The summed E-state index contributed by atoms with van der Waals surface area (Å²) in [6, 6.07) is 11.1. The summed E-state index contributed by atoms with van der Waals surface area (Å²) in [4.78, 5) is 32.9. The van der Waals surface area contributed by atoms with E-state index in [-0.39, 0.29) is 48.1 Å². The largest absolute Gasteiger partial charge is 0.392 e. The maximum Gasteiger partial charge on any atom is 0.253 e. The lowest BCUT2D eigenvalue weighted by Crippen LogP contribution is -2.46. The van der Waals surface area contributed by atoms with Crippen LogP contribution in [-0.2, 0) is 16.4 Å². The minimum atomic E-state index is -3.87. The molecule has 1 aromatic heterocycles. The lowest BCUT2D eigenvalue weighted by Gasteiger charge is -2.37. The predicted molar refractivity (Wildman–Crippen MR) is 172 cm³/mol. The molecule has 1 saturated heterocycles. The molecule has 4 rings (SSSR count). The number of carbonyl (C=O) groups excluding carboxylic acids is 2. The number of pyridine rings is 1. The van der Waals surface area contributed by atoms with Gasteiger partial charge in [-0.25, -0.2) is 17.2 Å². The number of aliphatic hydroxyl groups is 1. The zero-order valence-corrected chi connectivity index (χ0v) is 27.5. The fraction of sp³-hybridized carbons (Fsp3) is 0.457. The first-order valence-electron chi connectivity index (χ1n) is 15.9. The first kappa shape index (κ1) is 35.3. The molecule has 2 aromatic carbocycles. The number of carbonyl (C=O) groups is 2. The smallest absolute Gasteiger partial charge is 0.253 e. The summed E-state index contributed by atoms with van der Waals surface area (Å²) in [5.41, 5.74) is 1.72. The van der Waals surface area contributed by atoms with Crippen LogP contribution < -0.4 is 0 Å². The summed E-state index contributed by atoms with van der Waals surface area (Å²) < 4.78 is 56.3. The lowest BCUT2D eigenvalue weighted by molar-refractivity contribution is 0.0231. The lowest BCUT2D eigenvalue weighted by atomic mass is 9.79. The number of amides is 1. The van der Waals surface area contributed by atoms with Gasteiger partial charge in [-0.05, 0) is 104 Å². The normalized spacial score (nSPS) is 17.0. The van der Waals surface area contributed by atoms with Crippen LogP contribution in [0.2, 0.25) is 0 Å². The fourth-order valence-corrected chi connectivity index (χ4v) is 7.81. The quantitative estimate of drug-likeness (QED) is 0.219. The summed E-state index contributed by atoms with van der Waals surface area (Å²) >= 11 is 0. The van der Waals surface area contributed by atoms with Gasteiger partial charge in [0.15, 0.2) is 5.78 Å². The maximum atomic E-state index is 14.2. The van der Waals surface area contributed by atoms with E-state index in [1.807, 2.05) is 13.8 Å². The third-order valence-corrected chi connectivity index (χ3v) is 10.3. The fourth-order valence-electron chi connectivity index (χ4n) is 6.31. The molecule has 0 radical (unpaired) electrons. The van der Waals surface area contributed by atoms with Crippen LogP contribution in [-0.4, -0.2) is 71.7 Å². The van der Waals surface area contributed by atoms with Gasteiger partial charge in [0.2, 0.25) is 10.0 Å². The average molecular weight is 656 g/mol. The van der Waals surface area contributed by atoms with E-state index in [1.54, 1.807) is 36.1 Å². The first-order chi connectivity index (χ1) is 21.9. The summed E-state index contributed by atoms with van der Waals surface area (Å²) in [7, 11) is -3.87. The van der Waals surface area contributed by atoms with Crippen LogP contribution in [0.5, 0.6) is 0 Å². The number of piperidine rings is 1. The highest BCUT2D eigenvalue weighted by molar-refractivity contribution is 7.89. The number of aromatic nitrogens is 1. The number of ketones is 1. The highest BCUT2D eigenvalue weighted by atomic mass is 32.2. The highest BCUT2D eigenvalue weighted by Gasteiger charge is 2.37. The van der Waals surface area contributed by atoms with Gasteiger partial charge >= 0.3 is 0 Å². The van der Waals surface area contributed by atoms with Crippen LogP contribution in [0.25, 0.3) is 0 Å². The molecule has 0 spiro atoms. The minimum Gasteiger partial charge on any atom is -0.392 e. The van der Waals surface area contributed by atoms with Crippen LogP contribution in [0.1, 0.15) is 77.8 Å². The Morgan fingerprint density at radius 2 is 1.72 bits per heavy atom. The van der Waals surface area contributed by atoms with E-state index in [1.165, 1.54) is 34.9 Å². The second kappa shape index (κ2) is 15.8. The molecular weight excluding hydrogens is 612 g/mol. The molecule has 1 aliphatic rings. The van der Waals surface area contributed by atoms with E-state index in [9.17, 15) is 31.9 Å². The van der Waals surface area contributed by atoms with Crippen LogP contribution in [0.4, 0.5) is 8.78 Å². The summed E-state index contributed by atoms with van der Waals surface area (Å²) in [5, 5.41) is 11.7. The highest BCUT2D eigenvalue weighted by Crippen LogP contribution is 2.32. The Hall–Kier alpha value is -3.54. The number of rotatable bonds is 14. The number of hydrogen-bond donors (Lipinski definition) is 1. The van der Waals surface area contributed by atoms with E-state index < -0.39 is 39.6 Å². The monoisotopic (exact) mass is 655 g/mol. The Balaban J connectivity index is 1.61. The first-order valence-corrected chi connectivity index (χ1v) is 17.3. The number of nitrogens with zero attached hydrogens (tertiary/aromatic N) is 3. The van der Waals surface area contributed by atoms with Crippen molar-refractivity contribution in [1.29, 1.82) is 0 Å². The molecule has 1 amide bonds. The second-order valence-electron chi connectivity index (χ2n) is 12.2. The molecule has 8 nitrogen and oxygen atoms in total. The van der Waals surface area contributed by atoms with Gasteiger partial charge in [0.1, 0.15) is 16.5 Å².